The lowest BCUT2D eigenvalue weighted by atomic mass is 9.76. The third-order valence-electron chi connectivity index (χ3n) is 3.66. The van der Waals surface area contributed by atoms with E-state index in [9.17, 15) is 17.6 Å². The third-order valence-corrected chi connectivity index (χ3v) is 3.85. The van der Waals surface area contributed by atoms with Crippen molar-refractivity contribution < 1.29 is 17.6 Å². The summed E-state index contributed by atoms with van der Waals surface area (Å²) in [6.45, 7) is 3.11. The number of pyridine rings is 1. The Morgan fingerprint density at radius 1 is 1.10 bits per heavy atom. The lowest BCUT2D eigenvalue weighted by Crippen LogP contribution is -2.30. The zero-order valence-corrected chi connectivity index (χ0v) is 13.0. The van der Waals surface area contributed by atoms with Crippen molar-refractivity contribution in [3.8, 4) is 0 Å². The summed E-state index contributed by atoms with van der Waals surface area (Å²) in [5.74, 6) is 0. The van der Waals surface area contributed by atoms with Crippen LogP contribution in [-0.2, 0) is 11.6 Å². The van der Waals surface area contributed by atoms with Gasteiger partial charge in [-0.3, -0.25) is 4.39 Å². The number of aromatic nitrogens is 1. The van der Waals surface area contributed by atoms with Gasteiger partial charge in [0.15, 0.2) is 0 Å². The molecule has 1 unspecified atom stereocenters. The van der Waals surface area contributed by atoms with E-state index in [0.717, 1.165) is 25.0 Å². The summed E-state index contributed by atoms with van der Waals surface area (Å²) in [5.41, 5.74) is -1.74. The fourth-order valence-electron chi connectivity index (χ4n) is 2.51. The van der Waals surface area contributed by atoms with Crippen LogP contribution in [0.5, 0.6) is 0 Å². The van der Waals surface area contributed by atoms with E-state index in [1.807, 2.05) is 13.8 Å². The van der Waals surface area contributed by atoms with Crippen LogP contribution in [0, 0.1) is 0 Å². The van der Waals surface area contributed by atoms with Crippen LogP contribution < -0.4 is 0 Å². The Morgan fingerprint density at radius 3 is 2.24 bits per heavy atom. The van der Waals surface area contributed by atoms with Gasteiger partial charge in [-0.2, -0.15) is 13.2 Å². The molecule has 1 aromatic rings. The zero-order valence-electron chi connectivity index (χ0n) is 12.2. The molecule has 1 aromatic heterocycles. The molecule has 6 heteroatoms. The van der Waals surface area contributed by atoms with Crippen LogP contribution in [0.15, 0.2) is 12.1 Å². The first-order valence-electron chi connectivity index (χ1n) is 7.10. The van der Waals surface area contributed by atoms with Crippen LogP contribution in [0.3, 0.4) is 0 Å². The highest BCUT2D eigenvalue weighted by molar-refractivity contribution is 6.29. The molecule has 1 nitrogen and oxygen atoms in total. The van der Waals surface area contributed by atoms with E-state index in [2.05, 4.69) is 4.98 Å². The fourth-order valence-corrected chi connectivity index (χ4v) is 2.72. The highest BCUT2D eigenvalue weighted by atomic mass is 35.5. The van der Waals surface area contributed by atoms with E-state index >= 15 is 0 Å². The van der Waals surface area contributed by atoms with Gasteiger partial charge >= 0.3 is 6.18 Å². The molecular weight excluding hydrogens is 306 g/mol. The van der Waals surface area contributed by atoms with Gasteiger partial charge in [0.2, 0.25) is 0 Å². The quantitative estimate of drug-likeness (QED) is 0.446. The van der Waals surface area contributed by atoms with E-state index in [0.29, 0.717) is 19.3 Å². The molecular formula is C15H20ClF4N. The van der Waals surface area contributed by atoms with Crippen LogP contribution in [0.25, 0.3) is 0 Å². The average Bonchev–Trinajstić information content (AvgIpc) is 2.42. The Morgan fingerprint density at radius 2 is 1.76 bits per heavy atom. The van der Waals surface area contributed by atoms with Crippen molar-refractivity contribution in [2.75, 3.05) is 6.67 Å². The molecule has 0 N–H and O–H groups in total. The molecule has 21 heavy (non-hydrogen) atoms. The molecule has 0 saturated carbocycles. The molecule has 0 aliphatic heterocycles. The molecule has 0 aliphatic carbocycles. The largest absolute Gasteiger partial charge is 0.416 e. The third kappa shape index (κ3) is 4.56. The maximum atomic E-state index is 13.7. The van der Waals surface area contributed by atoms with Crippen molar-refractivity contribution in [3.63, 3.8) is 0 Å². The van der Waals surface area contributed by atoms with Gasteiger partial charge in [0.05, 0.1) is 11.3 Å². The van der Waals surface area contributed by atoms with Crippen LogP contribution in [0.4, 0.5) is 17.6 Å². The Hall–Kier alpha value is -0.840. The first-order chi connectivity index (χ1) is 9.79. The molecule has 0 bridgehead atoms. The van der Waals surface area contributed by atoms with Gasteiger partial charge in [-0.25, -0.2) is 4.98 Å². The molecule has 0 aromatic carbocycles. The Kier molecular flexibility index (Phi) is 6.44. The van der Waals surface area contributed by atoms with Crippen molar-refractivity contribution in [2.45, 2.75) is 57.5 Å². The summed E-state index contributed by atoms with van der Waals surface area (Å²) in [7, 11) is 0. The minimum Gasteiger partial charge on any atom is -0.250 e. The van der Waals surface area contributed by atoms with E-state index in [4.69, 9.17) is 11.6 Å². The molecule has 0 spiro atoms. The van der Waals surface area contributed by atoms with Gasteiger partial charge in [-0.05, 0) is 25.0 Å². The normalized spacial score (nSPS) is 15.0. The topological polar surface area (TPSA) is 12.9 Å². The number of hydrogen-bond acceptors (Lipinski definition) is 1. The summed E-state index contributed by atoms with van der Waals surface area (Å²) in [6.07, 6.45) is -1.34. The summed E-state index contributed by atoms with van der Waals surface area (Å²) < 4.78 is 52.4. The minimum atomic E-state index is -4.51. The maximum absolute atomic E-state index is 13.7. The molecule has 0 fully saturated rings. The Bertz CT molecular complexity index is 461. The summed E-state index contributed by atoms with van der Waals surface area (Å²) >= 11 is 5.72. The summed E-state index contributed by atoms with van der Waals surface area (Å²) in [5, 5.41) is -0.245. The lowest BCUT2D eigenvalue weighted by molar-refractivity contribution is -0.137. The predicted octanol–water partition coefficient (Wildman–Crippen LogP) is 5.95. The first kappa shape index (κ1) is 18.2. The van der Waals surface area contributed by atoms with Gasteiger partial charge in [-0.15, -0.1) is 0 Å². The second-order valence-corrected chi connectivity index (χ2v) is 5.72. The Balaban J connectivity index is 3.32. The molecule has 0 radical (unpaired) electrons. The summed E-state index contributed by atoms with van der Waals surface area (Å²) in [4.78, 5) is 3.99. The van der Waals surface area contributed by atoms with E-state index in [1.54, 1.807) is 0 Å². The second-order valence-electron chi connectivity index (χ2n) is 5.33. The molecule has 0 saturated heterocycles. The lowest BCUT2D eigenvalue weighted by Gasteiger charge is -2.31. The SMILES string of the molecule is CCCCC(CF)(CCC)c1cc(C(F)(F)F)cc(Cl)n1. The first-order valence-corrected chi connectivity index (χ1v) is 7.48. The zero-order chi connectivity index (χ0) is 16.1. The van der Waals surface area contributed by atoms with E-state index < -0.39 is 23.8 Å². The van der Waals surface area contributed by atoms with Crippen molar-refractivity contribution >= 4 is 11.6 Å². The van der Waals surface area contributed by atoms with Crippen molar-refractivity contribution in [1.29, 1.82) is 0 Å². The standard InChI is InChI=1S/C15H20ClF4N/c1-3-5-7-14(10-17,6-4-2)12-8-11(15(18,19)20)9-13(16)21-12/h8-9H,3-7,10H2,1-2H3. The van der Waals surface area contributed by atoms with Crippen LogP contribution in [0.1, 0.15) is 57.2 Å². The number of rotatable bonds is 7. The second kappa shape index (κ2) is 7.43. The Labute approximate surface area is 127 Å². The smallest absolute Gasteiger partial charge is 0.250 e. The highest BCUT2D eigenvalue weighted by Gasteiger charge is 2.37. The van der Waals surface area contributed by atoms with Gasteiger partial charge < -0.3 is 0 Å². The van der Waals surface area contributed by atoms with E-state index in [-0.39, 0.29) is 10.8 Å². The fraction of sp³-hybridized carbons (Fsp3) is 0.667. The van der Waals surface area contributed by atoms with Crippen molar-refractivity contribution in [2.24, 2.45) is 0 Å². The molecule has 120 valence electrons. The number of hydrogen-bond donors (Lipinski definition) is 0. The van der Waals surface area contributed by atoms with Gasteiger partial charge in [0.25, 0.3) is 0 Å². The van der Waals surface area contributed by atoms with Crippen LogP contribution in [0.2, 0.25) is 5.15 Å². The van der Waals surface area contributed by atoms with Gasteiger partial charge in [-0.1, -0.05) is 44.7 Å². The maximum Gasteiger partial charge on any atom is 0.416 e. The molecule has 0 amide bonds. The van der Waals surface area contributed by atoms with Crippen molar-refractivity contribution in [3.05, 3.63) is 28.5 Å². The van der Waals surface area contributed by atoms with Crippen molar-refractivity contribution in [1.82, 2.24) is 4.98 Å². The van der Waals surface area contributed by atoms with E-state index in [1.165, 1.54) is 0 Å². The van der Waals surface area contributed by atoms with Crippen LogP contribution in [-0.4, -0.2) is 11.7 Å². The molecule has 1 atom stereocenters. The summed E-state index contributed by atoms with van der Waals surface area (Å²) in [6, 6.07) is 1.72. The number of halogens is 5. The molecule has 0 aliphatic rings. The average molecular weight is 326 g/mol. The number of unbranched alkanes of at least 4 members (excludes halogenated alkanes) is 1. The number of nitrogens with zero attached hydrogens (tertiary/aromatic N) is 1. The van der Waals surface area contributed by atoms with Crippen LogP contribution >= 0.6 is 11.6 Å². The van der Waals surface area contributed by atoms with Gasteiger partial charge in [0.1, 0.15) is 11.8 Å². The monoisotopic (exact) mass is 325 g/mol. The number of alkyl halides is 4. The predicted molar refractivity (Wildman–Crippen MR) is 76.3 cm³/mol. The molecule has 1 rings (SSSR count). The minimum absolute atomic E-state index is 0.111. The van der Waals surface area contributed by atoms with Gasteiger partial charge in [0, 0.05) is 5.41 Å². The highest BCUT2D eigenvalue weighted by Crippen LogP contribution is 2.38. The molecule has 1 heterocycles.